The summed E-state index contributed by atoms with van der Waals surface area (Å²) in [5.41, 5.74) is 1.72. The number of nitrogens with zero attached hydrogens (tertiary/aromatic N) is 5. The van der Waals surface area contributed by atoms with E-state index in [1.807, 2.05) is 42.8 Å². The number of carbonyl (C=O) groups excluding carboxylic acids is 1. The maximum atomic E-state index is 12.0. The van der Waals surface area contributed by atoms with E-state index in [9.17, 15) is 4.79 Å². The van der Waals surface area contributed by atoms with Crippen LogP contribution in [0.15, 0.2) is 29.3 Å². The number of amides is 1. The Bertz CT molecular complexity index is 793. The molecule has 0 aliphatic heterocycles. The number of guanidine groups is 1. The van der Waals surface area contributed by atoms with E-state index < -0.39 is 0 Å². The van der Waals surface area contributed by atoms with Crippen molar-refractivity contribution < 1.29 is 4.79 Å². The van der Waals surface area contributed by atoms with Crippen molar-refractivity contribution in [2.75, 3.05) is 20.6 Å². The van der Waals surface area contributed by atoms with Crippen molar-refractivity contribution in [2.45, 2.75) is 39.8 Å². The normalized spacial score (nSPS) is 11.4. The van der Waals surface area contributed by atoms with Gasteiger partial charge in [0, 0.05) is 33.3 Å². The topological polar surface area (TPSA) is 87.4 Å². The molecule has 0 saturated heterocycles. The minimum atomic E-state index is -0.00221. The lowest BCUT2D eigenvalue weighted by Crippen LogP contribution is -2.38. The molecule has 0 bridgehead atoms. The van der Waals surface area contributed by atoms with Crippen LogP contribution >= 0.6 is 0 Å². The van der Waals surface area contributed by atoms with Crippen molar-refractivity contribution in [1.29, 1.82) is 0 Å². The molecule has 8 heteroatoms. The fourth-order valence-corrected chi connectivity index (χ4v) is 2.51. The minimum Gasteiger partial charge on any atom is -0.356 e. The van der Waals surface area contributed by atoms with Crippen molar-refractivity contribution in [3.05, 3.63) is 47.0 Å². The second-order valence-corrected chi connectivity index (χ2v) is 6.92. The standard InChI is InChI=1S/C20H31N7O/c1-6-7-12-21-20(23-14-18-25-24-15(2)27(18)5)22-13-16-8-10-17(11-9-16)19(28)26(3)4/h8-11H,6-7,12-14H2,1-5H3,(H2,21,22,23). The predicted octanol–water partition coefficient (Wildman–Crippen LogP) is 1.86. The molecule has 0 radical (unpaired) electrons. The molecule has 2 N–H and O–H groups in total. The van der Waals surface area contributed by atoms with Crippen LogP contribution in [0.25, 0.3) is 0 Å². The van der Waals surface area contributed by atoms with Gasteiger partial charge in [0.2, 0.25) is 0 Å². The van der Waals surface area contributed by atoms with Crippen molar-refractivity contribution in [3.63, 3.8) is 0 Å². The number of aliphatic imine (C=N–C) groups is 1. The zero-order chi connectivity index (χ0) is 20.5. The quantitative estimate of drug-likeness (QED) is 0.411. The second kappa shape index (κ2) is 10.4. The number of nitrogens with one attached hydrogen (secondary N) is 2. The Morgan fingerprint density at radius 2 is 1.89 bits per heavy atom. The van der Waals surface area contributed by atoms with Crippen molar-refractivity contribution in [3.8, 4) is 0 Å². The summed E-state index contributed by atoms with van der Waals surface area (Å²) >= 11 is 0. The predicted molar refractivity (Wildman–Crippen MR) is 111 cm³/mol. The smallest absolute Gasteiger partial charge is 0.253 e. The number of hydrogen-bond acceptors (Lipinski definition) is 4. The van der Waals surface area contributed by atoms with E-state index in [0.717, 1.165) is 42.6 Å². The third-order valence-corrected chi connectivity index (χ3v) is 4.45. The lowest BCUT2D eigenvalue weighted by molar-refractivity contribution is 0.0827. The van der Waals surface area contributed by atoms with Crippen LogP contribution in [0, 0.1) is 6.92 Å². The Labute approximate surface area is 167 Å². The fraction of sp³-hybridized carbons (Fsp3) is 0.500. The molecular formula is C20H31N7O. The molecule has 0 fully saturated rings. The number of hydrogen-bond donors (Lipinski definition) is 2. The summed E-state index contributed by atoms with van der Waals surface area (Å²) in [5.74, 6) is 2.47. The van der Waals surface area contributed by atoms with E-state index in [4.69, 9.17) is 0 Å². The summed E-state index contributed by atoms with van der Waals surface area (Å²) in [4.78, 5) is 18.2. The third-order valence-electron chi connectivity index (χ3n) is 4.45. The van der Waals surface area contributed by atoms with Gasteiger partial charge in [-0.1, -0.05) is 25.5 Å². The van der Waals surface area contributed by atoms with Gasteiger partial charge in [-0.15, -0.1) is 10.2 Å². The van der Waals surface area contributed by atoms with Crippen LogP contribution in [0.3, 0.4) is 0 Å². The van der Waals surface area contributed by atoms with Crippen LogP contribution in [0.1, 0.15) is 47.3 Å². The SMILES string of the molecule is CCCCNC(=NCc1ccc(C(=O)N(C)C)cc1)NCc1nnc(C)n1C. The molecule has 0 saturated carbocycles. The summed E-state index contributed by atoms with van der Waals surface area (Å²) < 4.78 is 1.96. The van der Waals surface area contributed by atoms with Crippen LogP contribution in [0.5, 0.6) is 0 Å². The van der Waals surface area contributed by atoms with Gasteiger partial charge in [0.25, 0.3) is 5.91 Å². The molecule has 28 heavy (non-hydrogen) atoms. The largest absolute Gasteiger partial charge is 0.356 e. The first-order valence-corrected chi connectivity index (χ1v) is 9.60. The molecule has 8 nitrogen and oxygen atoms in total. The van der Waals surface area contributed by atoms with Gasteiger partial charge in [0.05, 0.1) is 13.1 Å². The maximum absolute atomic E-state index is 12.0. The van der Waals surface area contributed by atoms with Gasteiger partial charge in [-0.2, -0.15) is 0 Å². The minimum absolute atomic E-state index is 0.00221. The zero-order valence-electron chi connectivity index (χ0n) is 17.5. The second-order valence-electron chi connectivity index (χ2n) is 6.92. The van der Waals surface area contributed by atoms with Crippen molar-refractivity contribution in [1.82, 2.24) is 30.3 Å². The van der Waals surface area contributed by atoms with E-state index in [-0.39, 0.29) is 5.91 Å². The number of carbonyl (C=O) groups is 1. The fourth-order valence-electron chi connectivity index (χ4n) is 2.51. The van der Waals surface area contributed by atoms with Gasteiger partial charge in [0.1, 0.15) is 5.82 Å². The Morgan fingerprint density at radius 1 is 1.18 bits per heavy atom. The summed E-state index contributed by atoms with van der Waals surface area (Å²) in [5, 5.41) is 14.9. The molecule has 1 heterocycles. The van der Waals surface area contributed by atoms with Gasteiger partial charge in [-0.05, 0) is 31.0 Å². The molecule has 0 spiro atoms. The van der Waals surface area contributed by atoms with E-state index in [2.05, 4.69) is 32.7 Å². The highest BCUT2D eigenvalue weighted by Crippen LogP contribution is 2.07. The summed E-state index contributed by atoms with van der Waals surface area (Å²) in [6.07, 6.45) is 2.19. The first-order chi connectivity index (χ1) is 13.4. The highest BCUT2D eigenvalue weighted by Gasteiger charge is 2.08. The number of unbranched alkanes of at least 4 members (excludes halogenated alkanes) is 1. The average Bonchev–Trinajstić information content (AvgIpc) is 3.01. The van der Waals surface area contributed by atoms with Crippen LogP contribution in [-0.2, 0) is 20.1 Å². The first-order valence-electron chi connectivity index (χ1n) is 9.60. The van der Waals surface area contributed by atoms with Crippen LogP contribution in [-0.4, -0.2) is 52.2 Å². The van der Waals surface area contributed by atoms with Crippen LogP contribution in [0.4, 0.5) is 0 Å². The van der Waals surface area contributed by atoms with Crippen molar-refractivity contribution in [2.24, 2.45) is 12.0 Å². The molecule has 2 aromatic rings. The summed E-state index contributed by atoms with van der Waals surface area (Å²) in [7, 11) is 5.45. The molecule has 2 rings (SSSR count). The Balaban J connectivity index is 2.02. The molecule has 1 amide bonds. The van der Waals surface area contributed by atoms with E-state index in [1.54, 1.807) is 19.0 Å². The maximum Gasteiger partial charge on any atom is 0.253 e. The third kappa shape index (κ3) is 6.07. The van der Waals surface area contributed by atoms with Gasteiger partial charge in [0.15, 0.2) is 11.8 Å². The number of aryl methyl sites for hydroxylation is 1. The molecular weight excluding hydrogens is 354 g/mol. The monoisotopic (exact) mass is 385 g/mol. The first kappa shape index (κ1) is 21.4. The molecule has 0 aliphatic rings. The average molecular weight is 386 g/mol. The lowest BCUT2D eigenvalue weighted by atomic mass is 10.1. The highest BCUT2D eigenvalue weighted by molar-refractivity contribution is 5.93. The summed E-state index contributed by atoms with van der Waals surface area (Å²) in [6.45, 7) is 6.01. The highest BCUT2D eigenvalue weighted by atomic mass is 16.2. The van der Waals surface area contributed by atoms with Gasteiger partial charge >= 0.3 is 0 Å². The molecule has 0 unspecified atom stereocenters. The molecule has 0 aliphatic carbocycles. The Hall–Kier alpha value is -2.90. The summed E-state index contributed by atoms with van der Waals surface area (Å²) in [6, 6.07) is 7.56. The Morgan fingerprint density at radius 3 is 2.46 bits per heavy atom. The lowest BCUT2D eigenvalue weighted by Gasteiger charge is -2.13. The van der Waals surface area contributed by atoms with E-state index >= 15 is 0 Å². The molecule has 1 aromatic heterocycles. The van der Waals surface area contributed by atoms with E-state index in [1.165, 1.54) is 0 Å². The van der Waals surface area contributed by atoms with Crippen molar-refractivity contribution >= 4 is 11.9 Å². The number of aromatic nitrogens is 3. The Kier molecular flexibility index (Phi) is 7.98. The van der Waals surface area contributed by atoms with Gasteiger partial charge < -0.3 is 20.1 Å². The van der Waals surface area contributed by atoms with Crippen LogP contribution in [0.2, 0.25) is 0 Å². The molecule has 152 valence electrons. The van der Waals surface area contributed by atoms with Crippen LogP contribution < -0.4 is 10.6 Å². The number of benzene rings is 1. The number of rotatable bonds is 8. The molecule has 0 atom stereocenters. The molecule has 1 aromatic carbocycles. The zero-order valence-corrected chi connectivity index (χ0v) is 17.5. The van der Waals surface area contributed by atoms with Gasteiger partial charge in [-0.25, -0.2) is 4.99 Å². The van der Waals surface area contributed by atoms with Gasteiger partial charge in [-0.3, -0.25) is 4.79 Å². The van der Waals surface area contributed by atoms with E-state index in [0.29, 0.717) is 18.7 Å².